The molecule has 9 heteroatoms. The number of aliphatic hydroxyl groups excluding tert-OH is 1. The molecular formula is C14H13ClF3N3O2. The summed E-state index contributed by atoms with van der Waals surface area (Å²) in [6, 6.07) is 4.26. The number of halogens is 4. The maximum atomic E-state index is 12.6. The van der Waals surface area contributed by atoms with Crippen molar-refractivity contribution >= 4 is 17.5 Å². The van der Waals surface area contributed by atoms with Crippen molar-refractivity contribution < 1.29 is 23.1 Å². The molecular weight excluding hydrogens is 335 g/mol. The summed E-state index contributed by atoms with van der Waals surface area (Å²) in [5, 5.41) is 15.0. The molecule has 1 heterocycles. The Morgan fingerprint density at radius 3 is 2.52 bits per heavy atom. The van der Waals surface area contributed by atoms with Gasteiger partial charge in [-0.3, -0.25) is 4.79 Å². The second-order valence-electron chi connectivity index (χ2n) is 4.78. The van der Waals surface area contributed by atoms with E-state index in [1.54, 1.807) is 36.5 Å². The van der Waals surface area contributed by atoms with Crippen LogP contribution in [0.1, 0.15) is 16.1 Å². The fraction of sp³-hybridized carbons (Fsp3) is 0.286. The Labute approximate surface area is 134 Å². The van der Waals surface area contributed by atoms with Gasteiger partial charge in [0, 0.05) is 5.02 Å². The van der Waals surface area contributed by atoms with Crippen LogP contribution in [0.2, 0.25) is 5.02 Å². The molecule has 124 valence electrons. The van der Waals surface area contributed by atoms with Crippen LogP contribution in [0.25, 0.3) is 5.69 Å². The molecule has 2 N–H and O–H groups in total. The standard InChI is InChI=1S/C14H13ClF3N3O2/c1-8-11(13(23)20-12(7-22)14(16,17)18)6-19-21(8)10-4-2-9(15)3-5-10/h2-6,12,22H,7H2,1H3,(H,20,23). The van der Waals surface area contributed by atoms with Crippen LogP contribution < -0.4 is 5.32 Å². The summed E-state index contributed by atoms with van der Waals surface area (Å²) < 4.78 is 39.2. The molecule has 0 aliphatic carbocycles. The van der Waals surface area contributed by atoms with Crippen molar-refractivity contribution in [2.45, 2.75) is 19.1 Å². The summed E-state index contributed by atoms with van der Waals surface area (Å²) in [6.45, 7) is 0.317. The van der Waals surface area contributed by atoms with Crippen molar-refractivity contribution in [3.8, 4) is 5.69 Å². The number of nitrogens with one attached hydrogen (secondary N) is 1. The van der Waals surface area contributed by atoms with Crippen LogP contribution in [0.5, 0.6) is 0 Å². The number of carbonyl (C=O) groups is 1. The lowest BCUT2D eigenvalue weighted by atomic mass is 10.2. The van der Waals surface area contributed by atoms with Gasteiger partial charge in [0.1, 0.15) is 6.04 Å². The highest BCUT2D eigenvalue weighted by Crippen LogP contribution is 2.21. The Kier molecular flexibility index (Phi) is 4.96. The van der Waals surface area contributed by atoms with Gasteiger partial charge in [0.25, 0.3) is 5.91 Å². The van der Waals surface area contributed by atoms with Crippen LogP contribution in [-0.2, 0) is 0 Å². The molecule has 23 heavy (non-hydrogen) atoms. The van der Waals surface area contributed by atoms with E-state index in [1.807, 2.05) is 0 Å². The van der Waals surface area contributed by atoms with Gasteiger partial charge in [-0.25, -0.2) is 4.68 Å². The molecule has 0 fully saturated rings. The number of benzene rings is 1. The summed E-state index contributed by atoms with van der Waals surface area (Å²) in [4.78, 5) is 12.0. The van der Waals surface area contributed by atoms with Gasteiger partial charge in [-0.1, -0.05) is 11.6 Å². The van der Waals surface area contributed by atoms with Gasteiger partial charge < -0.3 is 10.4 Å². The molecule has 5 nitrogen and oxygen atoms in total. The summed E-state index contributed by atoms with van der Waals surface area (Å²) >= 11 is 5.79. The minimum Gasteiger partial charge on any atom is -0.394 e. The molecule has 2 aromatic rings. The third-order valence-corrected chi connectivity index (χ3v) is 3.46. The van der Waals surface area contributed by atoms with E-state index in [4.69, 9.17) is 16.7 Å². The molecule has 1 aromatic heterocycles. The Morgan fingerprint density at radius 1 is 1.39 bits per heavy atom. The Balaban J connectivity index is 2.25. The topological polar surface area (TPSA) is 67.2 Å². The number of alkyl halides is 3. The molecule has 1 amide bonds. The monoisotopic (exact) mass is 347 g/mol. The zero-order valence-electron chi connectivity index (χ0n) is 11.9. The molecule has 0 aliphatic rings. The van der Waals surface area contributed by atoms with Crippen molar-refractivity contribution in [1.29, 1.82) is 0 Å². The molecule has 0 aliphatic heterocycles. The number of nitrogens with zero attached hydrogens (tertiary/aromatic N) is 2. The van der Waals surface area contributed by atoms with E-state index >= 15 is 0 Å². The highest BCUT2D eigenvalue weighted by atomic mass is 35.5. The smallest absolute Gasteiger partial charge is 0.394 e. The lowest BCUT2D eigenvalue weighted by molar-refractivity contribution is -0.161. The van der Waals surface area contributed by atoms with Gasteiger partial charge in [-0.2, -0.15) is 18.3 Å². The van der Waals surface area contributed by atoms with E-state index in [0.717, 1.165) is 0 Å². The van der Waals surface area contributed by atoms with E-state index in [0.29, 0.717) is 16.4 Å². The van der Waals surface area contributed by atoms with Crippen LogP contribution in [-0.4, -0.2) is 39.6 Å². The summed E-state index contributed by atoms with van der Waals surface area (Å²) in [7, 11) is 0. The van der Waals surface area contributed by atoms with Crippen LogP contribution in [0.4, 0.5) is 13.2 Å². The molecule has 0 saturated heterocycles. The van der Waals surface area contributed by atoms with E-state index in [1.165, 1.54) is 10.9 Å². The lowest BCUT2D eigenvalue weighted by Crippen LogP contribution is -2.47. The van der Waals surface area contributed by atoms with Crippen LogP contribution in [0, 0.1) is 6.92 Å². The Morgan fingerprint density at radius 2 is 2.00 bits per heavy atom. The van der Waals surface area contributed by atoms with Gasteiger partial charge in [0.05, 0.1) is 29.7 Å². The predicted octanol–water partition coefficient (Wildman–Crippen LogP) is 2.49. The first kappa shape index (κ1) is 17.3. The number of amides is 1. The number of carbonyl (C=O) groups excluding carboxylic acids is 1. The number of rotatable bonds is 4. The van der Waals surface area contributed by atoms with Gasteiger partial charge >= 0.3 is 6.18 Å². The van der Waals surface area contributed by atoms with Crippen LogP contribution >= 0.6 is 11.6 Å². The van der Waals surface area contributed by atoms with Gasteiger partial charge in [0.15, 0.2) is 0 Å². The number of aliphatic hydroxyl groups is 1. The molecule has 1 aromatic carbocycles. The maximum absolute atomic E-state index is 12.6. The largest absolute Gasteiger partial charge is 0.410 e. The average Bonchev–Trinajstić information content (AvgIpc) is 2.86. The van der Waals surface area contributed by atoms with Gasteiger partial charge in [0.2, 0.25) is 0 Å². The summed E-state index contributed by atoms with van der Waals surface area (Å²) in [5.41, 5.74) is 0.965. The van der Waals surface area contributed by atoms with Gasteiger partial charge in [-0.15, -0.1) is 0 Å². The third kappa shape index (κ3) is 3.83. The number of hydrogen-bond donors (Lipinski definition) is 2. The van der Waals surface area contributed by atoms with Crippen LogP contribution in [0.3, 0.4) is 0 Å². The summed E-state index contributed by atoms with van der Waals surface area (Å²) in [6.07, 6.45) is -3.56. The van der Waals surface area contributed by atoms with E-state index in [2.05, 4.69) is 5.10 Å². The molecule has 2 rings (SSSR count). The minimum absolute atomic E-state index is 0.0114. The average molecular weight is 348 g/mol. The first-order chi connectivity index (χ1) is 10.7. The molecule has 0 spiro atoms. The van der Waals surface area contributed by atoms with E-state index < -0.39 is 24.7 Å². The van der Waals surface area contributed by atoms with Gasteiger partial charge in [-0.05, 0) is 31.2 Å². The predicted molar refractivity (Wildman–Crippen MR) is 77.7 cm³/mol. The SMILES string of the molecule is Cc1c(C(=O)NC(CO)C(F)(F)F)cnn1-c1ccc(Cl)cc1. The first-order valence-electron chi connectivity index (χ1n) is 6.53. The normalized spacial score (nSPS) is 13.0. The fourth-order valence-corrected chi connectivity index (χ4v) is 2.07. The second kappa shape index (κ2) is 6.59. The third-order valence-electron chi connectivity index (χ3n) is 3.21. The lowest BCUT2D eigenvalue weighted by Gasteiger charge is -2.19. The van der Waals surface area contributed by atoms with E-state index in [-0.39, 0.29) is 5.56 Å². The maximum Gasteiger partial charge on any atom is 0.410 e. The Bertz CT molecular complexity index is 698. The van der Waals surface area contributed by atoms with Crippen LogP contribution in [0.15, 0.2) is 30.5 Å². The molecule has 0 radical (unpaired) electrons. The zero-order chi connectivity index (χ0) is 17.2. The van der Waals surface area contributed by atoms with Crippen molar-refractivity contribution in [3.63, 3.8) is 0 Å². The van der Waals surface area contributed by atoms with Crippen molar-refractivity contribution in [1.82, 2.24) is 15.1 Å². The Hall–Kier alpha value is -2.06. The van der Waals surface area contributed by atoms with Crippen molar-refractivity contribution in [2.75, 3.05) is 6.61 Å². The number of hydrogen-bond acceptors (Lipinski definition) is 3. The van der Waals surface area contributed by atoms with Crippen molar-refractivity contribution in [2.24, 2.45) is 0 Å². The highest BCUT2D eigenvalue weighted by molar-refractivity contribution is 6.30. The molecule has 0 saturated carbocycles. The molecule has 1 unspecified atom stereocenters. The molecule has 1 atom stereocenters. The zero-order valence-corrected chi connectivity index (χ0v) is 12.7. The fourth-order valence-electron chi connectivity index (χ4n) is 1.94. The quantitative estimate of drug-likeness (QED) is 0.893. The van der Waals surface area contributed by atoms with E-state index in [9.17, 15) is 18.0 Å². The molecule has 0 bridgehead atoms. The van der Waals surface area contributed by atoms with Crippen molar-refractivity contribution in [3.05, 3.63) is 46.7 Å². The summed E-state index contributed by atoms with van der Waals surface area (Å²) in [5.74, 6) is -0.959. The second-order valence-corrected chi connectivity index (χ2v) is 5.22. The first-order valence-corrected chi connectivity index (χ1v) is 6.91. The highest BCUT2D eigenvalue weighted by Gasteiger charge is 2.40. The minimum atomic E-state index is -4.73. The number of aromatic nitrogens is 2.